The Morgan fingerprint density at radius 3 is 2.36 bits per heavy atom. The molecule has 0 radical (unpaired) electrons. The first-order valence-corrected chi connectivity index (χ1v) is 12.2. The summed E-state index contributed by atoms with van der Waals surface area (Å²) in [6, 6.07) is 13.2. The smallest absolute Gasteiger partial charge is 0.335 e. The predicted octanol–water partition coefficient (Wildman–Crippen LogP) is 4.15. The maximum absolute atomic E-state index is 13.1. The maximum Gasteiger partial charge on any atom is 0.335 e. The first-order chi connectivity index (χ1) is 18.6. The normalized spacial score (nSPS) is 14.3. The first-order valence-electron chi connectivity index (χ1n) is 11.1. The topological polar surface area (TPSA) is 165 Å². The number of anilines is 1. The number of carbonyl (C=O) groups excluding carboxylic acids is 3. The number of carbonyl (C=O) groups is 4. The Balaban J connectivity index is 1.60. The third-order valence-corrected chi connectivity index (χ3v) is 6.37. The standard InChI is InChI=1S/C26H18IN3O9/c1-38-21-12-15(11-20(27)22(21)39-13-14-2-4-16(5-3-14)25(33)34)10-19-23(31)28-26(35)29(24(19)32)17-6-8-18(9-7-17)30(36)37/h2-12H,13H2,1H3,(H,33,34)(H,28,31,35)/b19-10+. The van der Waals surface area contributed by atoms with Gasteiger partial charge in [-0.15, -0.1) is 0 Å². The van der Waals surface area contributed by atoms with Crippen molar-refractivity contribution >= 4 is 63.9 Å². The Bertz CT molecular complexity index is 1530. The van der Waals surface area contributed by atoms with Crippen molar-refractivity contribution in [3.8, 4) is 11.5 Å². The van der Waals surface area contributed by atoms with Gasteiger partial charge in [0.2, 0.25) is 0 Å². The van der Waals surface area contributed by atoms with E-state index in [0.717, 1.165) is 17.7 Å². The van der Waals surface area contributed by atoms with Crippen LogP contribution in [-0.2, 0) is 16.2 Å². The number of aromatic carboxylic acids is 1. The molecule has 0 spiro atoms. The largest absolute Gasteiger partial charge is 0.493 e. The Kier molecular flexibility index (Phi) is 7.90. The van der Waals surface area contributed by atoms with E-state index >= 15 is 0 Å². The maximum atomic E-state index is 13.1. The highest BCUT2D eigenvalue weighted by Gasteiger charge is 2.37. The quantitative estimate of drug-likeness (QED) is 0.121. The first kappa shape index (κ1) is 27.3. The number of hydrogen-bond acceptors (Lipinski definition) is 8. The van der Waals surface area contributed by atoms with Gasteiger partial charge in [0.15, 0.2) is 11.5 Å². The zero-order chi connectivity index (χ0) is 28.3. The molecule has 0 bridgehead atoms. The molecular weight excluding hydrogens is 625 g/mol. The molecule has 4 amide bonds. The van der Waals surface area contributed by atoms with E-state index in [4.69, 9.17) is 14.6 Å². The molecule has 4 rings (SSSR count). The molecule has 1 fully saturated rings. The summed E-state index contributed by atoms with van der Waals surface area (Å²) in [7, 11) is 1.42. The van der Waals surface area contributed by atoms with Crippen LogP contribution in [0.2, 0.25) is 0 Å². The highest BCUT2D eigenvalue weighted by molar-refractivity contribution is 14.1. The van der Waals surface area contributed by atoms with Crippen LogP contribution in [-0.4, -0.2) is 41.0 Å². The molecule has 12 nitrogen and oxygen atoms in total. The minimum absolute atomic E-state index is 0.0498. The average Bonchev–Trinajstić information content (AvgIpc) is 2.90. The van der Waals surface area contributed by atoms with Crippen molar-refractivity contribution in [3.05, 3.63) is 96.6 Å². The molecule has 198 valence electrons. The van der Waals surface area contributed by atoms with E-state index in [2.05, 4.69) is 5.32 Å². The second-order valence-electron chi connectivity index (χ2n) is 8.06. The molecule has 1 aliphatic heterocycles. The number of nitro groups is 1. The van der Waals surface area contributed by atoms with Gasteiger partial charge >= 0.3 is 12.0 Å². The van der Waals surface area contributed by atoms with E-state index < -0.39 is 28.7 Å². The van der Waals surface area contributed by atoms with E-state index in [1.165, 1.54) is 37.5 Å². The predicted molar refractivity (Wildman–Crippen MR) is 146 cm³/mol. The summed E-state index contributed by atoms with van der Waals surface area (Å²) in [5, 5.41) is 22.1. The third kappa shape index (κ3) is 5.87. The van der Waals surface area contributed by atoms with Crippen LogP contribution in [0.3, 0.4) is 0 Å². The van der Waals surface area contributed by atoms with Gasteiger partial charge in [-0.1, -0.05) is 12.1 Å². The van der Waals surface area contributed by atoms with E-state index in [-0.39, 0.29) is 29.1 Å². The summed E-state index contributed by atoms with van der Waals surface area (Å²) < 4.78 is 11.9. The summed E-state index contributed by atoms with van der Waals surface area (Å²) in [5.41, 5.74) is 0.775. The Morgan fingerprint density at radius 1 is 1.10 bits per heavy atom. The summed E-state index contributed by atoms with van der Waals surface area (Å²) in [6.45, 7) is 0.125. The highest BCUT2D eigenvalue weighted by Crippen LogP contribution is 2.35. The Morgan fingerprint density at radius 2 is 1.77 bits per heavy atom. The molecule has 0 aromatic heterocycles. The molecule has 39 heavy (non-hydrogen) atoms. The summed E-state index contributed by atoms with van der Waals surface area (Å²) in [5.74, 6) is -2.14. The van der Waals surface area contributed by atoms with Crippen molar-refractivity contribution in [2.24, 2.45) is 0 Å². The molecule has 1 aliphatic rings. The van der Waals surface area contributed by atoms with Gasteiger partial charge in [-0.25, -0.2) is 14.5 Å². The van der Waals surface area contributed by atoms with Crippen molar-refractivity contribution in [1.29, 1.82) is 0 Å². The van der Waals surface area contributed by atoms with E-state index in [1.807, 2.05) is 22.6 Å². The number of barbiturate groups is 1. The molecule has 1 heterocycles. The van der Waals surface area contributed by atoms with Gasteiger partial charge in [-0.3, -0.25) is 25.0 Å². The number of non-ortho nitro benzene ring substituents is 1. The van der Waals surface area contributed by atoms with Crippen molar-refractivity contribution in [2.45, 2.75) is 6.61 Å². The number of nitro benzene ring substituents is 1. The minimum atomic E-state index is -1.03. The number of hydrogen-bond donors (Lipinski definition) is 2. The van der Waals surface area contributed by atoms with Crippen LogP contribution < -0.4 is 19.7 Å². The van der Waals surface area contributed by atoms with Gasteiger partial charge in [-0.2, -0.15) is 0 Å². The van der Waals surface area contributed by atoms with E-state index in [1.54, 1.807) is 24.3 Å². The number of ether oxygens (including phenoxy) is 2. The fourth-order valence-electron chi connectivity index (χ4n) is 3.64. The number of urea groups is 1. The zero-order valence-corrected chi connectivity index (χ0v) is 22.2. The van der Waals surface area contributed by atoms with E-state index in [9.17, 15) is 29.3 Å². The van der Waals surface area contributed by atoms with Crippen LogP contribution in [0, 0.1) is 13.7 Å². The van der Waals surface area contributed by atoms with Gasteiger partial charge in [0.05, 0.1) is 26.9 Å². The third-order valence-electron chi connectivity index (χ3n) is 5.57. The van der Waals surface area contributed by atoms with Gasteiger partial charge in [0.25, 0.3) is 17.5 Å². The number of nitrogens with one attached hydrogen (secondary N) is 1. The number of methoxy groups -OCH3 is 1. The van der Waals surface area contributed by atoms with Gasteiger partial charge in [0, 0.05) is 12.1 Å². The van der Waals surface area contributed by atoms with Crippen molar-refractivity contribution in [1.82, 2.24) is 5.32 Å². The number of nitrogens with zero attached hydrogens (tertiary/aromatic N) is 2. The summed E-state index contributed by atoms with van der Waals surface area (Å²) in [6.07, 6.45) is 1.29. The number of imide groups is 2. The second kappa shape index (κ2) is 11.3. The molecule has 1 saturated heterocycles. The number of rotatable bonds is 8. The van der Waals surface area contributed by atoms with Crippen LogP contribution in [0.4, 0.5) is 16.2 Å². The number of benzene rings is 3. The monoisotopic (exact) mass is 643 g/mol. The van der Waals surface area contributed by atoms with Crippen LogP contribution in [0.5, 0.6) is 11.5 Å². The average molecular weight is 643 g/mol. The molecule has 0 atom stereocenters. The molecule has 0 saturated carbocycles. The van der Waals surface area contributed by atoms with Gasteiger partial charge in [-0.05, 0) is 76.2 Å². The lowest BCUT2D eigenvalue weighted by molar-refractivity contribution is -0.384. The molecule has 0 aliphatic carbocycles. The van der Waals surface area contributed by atoms with Crippen molar-refractivity contribution in [3.63, 3.8) is 0 Å². The molecular formula is C26H18IN3O9. The minimum Gasteiger partial charge on any atom is -0.493 e. The fraction of sp³-hybridized carbons (Fsp3) is 0.0769. The summed E-state index contributed by atoms with van der Waals surface area (Å²) in [4.78, 5) is 60.2. The number of amides is 4. The van der Waals surface area contributed by atoms with Crippen LogP contribution in [0.15, 0.2) is 66.2 Å². The number of carboxylic acid groups (broad SMARTS) is 1. The molecule has 3 aromatic carbocycles. The second-order valence-corrected chi connectivity index (χ2v) is 9.22. The lowest BCUT2D eigenvalue weighted by atomic mass is 10.1. The van der Waals surface area contributed by atoms with Crippen LogP contribution >= 0.6 is 22.6 Å². The molecule has 13 heteroatoms. The SMILES string of the molecule is COc1cc(/C=C2\C(=O)NC(=O)N(c3ccc([N+](=O)[O-])cc3)C2=O)cc(I)c1OCc1ccc(C(=O)O)cc1. The molecule has 3 aromatic rings. The number of halogens is 1. The highest BCUT2D eigenvalue weighted by atomic mass is 127. The van der Waals surface area contributed by atoms with E-state index in [0.29, 0.717) is 25.5 Å². The molecule has 0 unspecified atom stereocenters. The van der Waals surface area contributed by atoms with Crippen molar-refractivity contribution < 1.29 is 38.7 Å². The van der Waals surface area contributed by atoms with Crippen LogP contribution in [0.1, 0.15) is 21.5 Å². The Hall–Kier alpha value is -4.79. The summed E-state index contributed by atoms with van der Waals surface area (Å²) >= 11 is 2.00. The lowest BCUT2D eigenvalue weighted by Gasteiger charge is -2.26. The zero-order valence-electron chi connectivity index (χ0n) is 20.0. The van der Waals surface area contributed by atoms with Crippen LogP contribution in [0.25, 0.3) is 6.08 Å². The van der Waals surface area contributed by atoms with Gasteiger partial charge in [0.1, 0.15) is 12.2 Å². The Labute approximate surface area is 234 Å². The van der Waals surface area contributed by atoms with Crippen molar-refractivity contribution in [2.75, 3.05) is 12.0 Å². The lowest BCUT2D eigenvalue weighted by Crippen LogP contribution is -2.54. The van der Waals surface area contributed by atoms with Gasteiger partial charge < -0.3 is 14.6 Å². The number of carboxylic acids is 1. The fourth-order valence-corrected chi connectivity index (χ4v) is 4.43. The molecule has 2 N–H and O–H groups in total.